The topological polar surface area (TPSA) is 75.6 Å². The Kier molecular flexibility index (Phi) is 6.06. The molecule has 0 saturated carbocycles. The Morgan fingerprint density at radius 1 is 0.900 bits per heavy atom. The highest BCUT2D eigenvalue weighted by atomic mass is 19.4. The zero-order valence-corrected chi connectivity index (χ0v) is 15.4. The molecule has 30 heavy (non-hydrogen) atoms. The average Bonchev–Trinajstić information content (AvgIpc) is 2.73. The van der Waals surface area contributed by atoms with Gasteiger partial charge >= 0.3 is 12.1 Å². The second-order valence-electron chi connectivity index (χ2n) is 6.29. The van der Waals surface area contributed by atoms with Gasteiger partial charge in [0.15, 0.2) is 6.61 Å². The van der Waals surface area contributed by atoms with Gasteiger partial charge in [-0.2, -0.15) is 13.2 Å². The van der Waals surface area contributed by atoms with Crippen molar-refractivity contribution < 1.29 is 32.6 Å². The number of rotatable bonds is 5. The highest BCUT2D eigenvalue weighted by molar-refractivity contribution is 5.99. The van der Waals surface area contributed by atoms with Gasteiger partial charge in [-0.05, 0) is 53.6 Å². The predicted octanol–water partition coefficient (Wildman–Crippen LogP) is 4.87. The molecule has 0 aliphatic heterocycles. The van der Waals surface area contributed by atoms with E-state index in [2.05, 4.69) is 5.32 Å². The fourth-order valence-electron chi connectivity index (χ4n) is 2.70. The number of amides is 1. The van der Waals surface area contributed by atoms with Crippen LogP contribution in [0, 0.1) is 0 Å². The van der Waals surface area contributed by atoms with Crippen LogP contribution in [0.3, 0.4) is 0 Å². The van der Waals surface area contributed by atoms with Crippen molar-refractivity contribution in [1.82, 2.24) is 0 Å². The number of hydrogen-bond donors (Lipinski definition) is 2. The highest BCUT2D eigenvalue weighted by Gasteiger charge is 2.30. The summed E-state index contributed by atoms with van der Waals surface area (Å²) in [6.45, 7) is -0.555. The van der Waals surface area contributed by atoms with Crippen LogP contribution < -0.4 is 5.32 Å². The first-order valence-electron chi connectivity index (χ1n) is 8.77. The lowest BCUT2D eigenvalue weighted by Gasteiger charge is -2.11. The molecule has 0 spiro atoms. The Labute approximate surface area is 169 Å². The number of hydrogen-bond acceptors (Lipinski definition) is 4. The smallest absolute Gasteiger partial charge is 0.416 e. The summed E-state index contributed by atoms with van der Waals surface area (Å²) in [6.07, 6.45) is -4.46. The van der Waals surface area contributed by atoms with E-state index in [9.17, 15) is 27.9 Å². The molecule has 0 aromatic heterocycles. The number of phenolic OH excluding ortho intramolecular Hbond substituents is 1. The number of benzene rings is 3. The lowest BCUT2D eigenvalue weighted by Crippen LogP contribution is -2.21. The molecule has 1 amide bonds. The van der Waals surface area contributed by atoms with E-state index >= 15 is 0 Å². The van der Waals surface area contributed by atoms with Crippen LogP contribution in [0.1, 0.15) is 15.9 Å². The maximum Gasteiger partial charge on any atom is 0.416 e. The van der Waals surface area contributed by atoms with E-state index in [-0.39, 0.29) is 11.3 Å². The number of nitrogens with one attached hydrogen (secondary N) is 1. The van der Waals surface area contributed by atoms with Gasteiger partial charge < -0.3 is 15.2 Å². The van der Waals surface area contributed by atoms with Crippen LogP contribution in [0.4, 0.5) is 18.9 Å². The van der Waals surface area contributed by atoms with Crippen LogP contribution in [0.15, 0.2) is 72.8 Å². The quantitative estimate of drug-likeness (QED) is 0.460. The molecule has 0 atom stereocenters. The van der Waals surface area contributed by atoms with Crippen LogP contribution in [0.2, 0.25) is 0 Å². The van der Waals surface area contributed by atoms with E-state index in [1.54, 1.807) is 18.2 Å². The first kappa shape index (κ1) is 20.9. The fourth-order valence-corrected chi connectivity index (χ4v) is 2.70. The van der Waals surface area contributed by atoms with Crippen LogP contribution in [0.5, 0.6) is 5.75 Å². The molecule has 0 aliphatic carbocycles. The van der Waals surface area contributed by atoms with Crippen molar-refractivity contribution in [3.05, 3.63) is 83.9 Å². The van der Waals surface area contributed by atoms with E-state index < -0.39 is 30.2 Å². The van der Waals surface area contributed by atoms with Crippen molar-refractivity contribution in [2.45, 2.75) is 6.18 Å². The molecular formula is C22H16F3NO4. The summed E-state index contributed by atoms with van der Waals surface area (Å²) in [7, 11) is 0. The van der Waals surface area contributed by atoms with Gasteiger partial charge in [-0.15, -0.1) is 0 Å². The van der Waals surface area contributed by atoms with E-state index in [4.69, 9.17) is 4.74 Å². The normalized spacial score (nSPS) is 11.0. The van der Waals surface area contributed by atoms with Gasteiger partial charge in [0.2, 0.25) is 0 Å². The van der Waals surface area contributed by atoms with Crippen molar-refractivity contribution in [2.24, 2.45) is 0 Å². The van der Waals surface area contributed by atoms with Crippen LogP contribution in [-0.2, 0) is 15.7 Å². The molecular weight excluding hydrogens is 399 g/mol. The standard InChI is InChI=1S/C22H16F3NO4/c23-22(24,25)15-7-5-14(6-8-15)18-3-1-2-4-19(18)21(29)30-13-20(28)26-16-9-11-17(27)12-10-16/h1-12,27H,13H2,(H,26,28). The van der Waals surface area contributed by atoms with Gasteiger partial charge in [0, 0.05) is 5.69 Å². The maximum atomic E-state index is 12.8. The molecule has 3 rings (SSSR count). The minimum atomic E-state index is -4.46. The SMILES string of the molecule is O=C(COC(=O)c1ccccc1-c1ccc(C(F)(F)F)cc1)Nc1ccc(O)cc1. The number of esters is 1. The third-order valence-electron chi connectivity index (χ3n) is 4.16. The molecule has 8 heteroatoms. The highest BCUT2D eigenvalue weighted by Crippen LogP contribution is 2.32. The molecule has 0 bridgehead atoms. The Hall–Kier alpha value is -3.81. The van der Waals surface area contributed by atoms with Crippen molar-refractivity contribution >= 4 is 17.6 Å². The molecule has 5 nitrogen and oxygen atoms in total. The number of anilines is 1. The first-order chi connectivity index (χ1) is 14.2. The van der Waals surface area contributed by atoms with Gasteiger partial charge in [0.1, 0.15) is 5.75 Å². The molecule has 0 radical (unpaired) electrons. The Balaban J connectivity index is 1.69. The summed E-state index contributed by atoms with van der Waals surface area (Å²) >= 11 is 0. The van der Waals surface area contributed by atoms with Gasteiger partial charge in [-0.1, -0.05) is 30.3 Å². The number of halogens is 3. The third kappa shape index (κ3) is 5.16. The van der Waals surface area contributed by atoms with Gasteiger partial charge in [0.25, 0.3) is 5.91 Å². The van der Waals surface area contributed by atoms with Crippen LogP contribution in [0.25, 0.3) is 11.1 Å². The summed E-state index contributed by atoms with van der Waals surface area (Å²) in [6, 6.07) is 16.4. The fraction of sp³-hybridized carbons (Fsp3) is 0.0909. The minimum absolute atomic E-state index is 0.0410. The molecule has 2 N–H and O–H groups in total. The summed E-state index contributed by atoms with van der Waals surface area (Å²) in [5.41, 5.74) is 0.533. The van der Waals surface area contributed by atoms with E-state index in [1.807, 2.05) is 0 Å². The molecule has 3 aromatic carbocycles. The van der Waals surface area contributed by atoms with Gasteiger partial charge in [-0.3, -0.25) is 4.79 Å². The number of alkyl halides is 3. The van der Waals surface area contributed by atoms with Crippen LogP contribution >= 0.6 is 0 Å². The average molecular weight is 415 g/mol. The molecule has 0 saturated heterocycles. The maximum absolute atomic E-state index is 12.8. The Morgan fingerprint density at radius 2 is 1.53 bits per heavy atom. The summed E-state index contributed by atoms with van der Waals surface area (Å²) < 4.78 is 43.3. The van der Waals surface area contributed by atoms with Crippen molar-refractivity contribution in [3.63, 3.8) is 0 Å². The second-order valence-corrected chi connectivity index (χ2v) is 6.29. The summed E-state index contributed by atoms with van der Waals surface area (Å²) in [5, 5.41) is 11.7. The number of carbonyl (C=O) groups excluding carboxylic acids is 2. The monoisotopic (exact) mass is 415 g/mol. The summed E-state index contributed by atoms with van der Waals surface area (Å²) in [5.74, 6) is -1.33. The minimum Gasteiger partial charge on any atom is -0.508 e. The van der Waals surface area contributed by atoms with Crippen LogP contribution in [-0.4, -0.2) is 23.6 Å². The second kappa shape index (κ2) is 8.69. The Bertz CT molecular complexity index is 1050. The number of aromatic hydroxyl groups is 1. The largest absolute Gasteiger partial charge is 0.508 e. The van der Waals surface area contributed by atoms with Gasteiger partial charge in [0.05, 0.1) is 11.1 Å². The molecule has 0 unspecified atom stereocenters. The van der Waals surface area contributed by atoms with E-state index in [0.717, 1.165) is 12.1 Å². The molecule has 0 heterocycles. The van der Waals surface area contributed by atoms with Crippen molar-refractivity contribution in [1.29, 1.82) is 0 Å². The molecule has 154 valence electrons. The number of phenols is 1. The van der Waals surface area contributed by atoms with Gasteiger partial charge in [-0.25, -0.2) is 4.79 Å². The zero-order valence-electron chi connectivity index (χ0n) is 15.4. The van der Waals surface area contributed by atoms with Crippen molar-refractivity contribution in [2.75, 3.05) is 11.9 Å². The lowest BCUT2D eigenvalue weighted by atomic mass is 9.98. The van der Waals surface area contributed by atoms with Crippen molar-refractivity contribution in [3.8, 4) is 16.9 Å². The molecule has 0 fully saturated rings. The lowest BCUT2D eigenvalue weighted by molar-refractivity contribution is -0.137. The molecule has 3 aromatic rings. The zero-order chi connectivity index (χ0) is 21.7. The van der Waals surface area contributed by atoms with E-state index in [0.29, 0.717) is 16.8 Å². The Morgan fingerprint density at radius 3 is 2.17 bits per heavy atom. The van der Waals surface area contributed by atoms with E-state index in [1.165, 1.54) is 42.5 Å². The predicted molar refractivity (Wildman–Crippen MR) is 104 cm³/mol. The number of carbonyl (C=O) groups is 2. The summed E-state index contributed by atoms with van der Waals surface area (Å²) in [4.78, 5) is 24.4. The third-order valence-corrected chi connectivity index (χ3v) is 4.16. The molecule has 0 aliphatic rings. The first-order valence-corrected chi connectivity index (χ1v) is 8.77. The number of ether oxygens (including phenoxy) is 1.